The predicted molar refractivity (Wildman–Crippen MR) is 77.7 cm³/mol. The average Bonchev–Trinajstić information content (AvgIpc) is 2.58. The zero-order valence-corrected chi connectivity index (χ0v) is 12.9. The summed E-state index contributed by atoms with van der Waals surface area (Å²) in [4.78, 5) is 0. The number of ether oxygens (including phenoxy) is 1. The maximum atomic E-state index is 6.60. The smallest absolute Gasteiger partial charge is 0.0930 e. The molecule has 0 aromatic rings. The lowest BCUT2D eigenvalue weighted by molar-refractivity contribution is -0.0974. The van der Waals surface area contributed by atoms with Crippen LogP contribution in [0.1, 0.15) is 73.1 Å². The van der Waals surface area contributed by atoms with Gasteiger partial charge in [0.1, 0.15) is 0 Å². The molecule has 0 radical (unpaired) electrons. The van der Waals surface area contributed by atoms with Gasteiger partial charge in [0.05, 0.1) is 11.2 Å². The maximum absolute atomic E-state index is 6.60. The predicted octanol–water partition coefficient (Wildman–Crippen LogP) is 5.11. The lowest BCUT2D eigenvalue weighted by Crippen LogP contribution is -2.43. The number of hydrogen-bond acceptors (Lipinski definition) is 1. The molecule has 3 atom stereocenters. The molecular formula is C17H30O. The van der Waals surface area contributed by atoms with Gasteiger partial charge in [0, 0.05) is 0 Å². The topological polar surface area (TPSA) is 9.23 Å². The van der Waals surface area contributed by atoms with Crippen molar-refractivity contribution >= 4 is 0 Å². The number of fused-ring (bicyclic) bond motifs is 1. The van der Waals surface area contributed by atoms with Crippen molar-refractivity contribution in [3.8, 4) is 0 Å². The van der Waals surface area contributed by atoms with Gasteiger partial charge >= 0.3 is 0 Å². The number of rotatable bonds is 1. The van der Waals surface area contributed by atoms with Gasteiger partial charge in [0.15, 0.2) is 0 Å². The molecule has 2 fully saturated rings. The third-order valence-corrected chi connectivity index (χ3v) is 5.33. The summed E-state index contributed by atoms with van der Waals surface area (Å²) in [6.07, 6.45) is 10.4. The minimum atomic E-state index is 0.111. The number of allylic oxidation sites excluding steroid dienone is 1. The van der Waals surface area contributed by atoms with Crippen molar-refractivity contribution < 1.29 is 4.74 Å². The van der Waals surface area contributed by atoms with Crippen LogP contribution in [0.15, 0.2) is 11.6 Å². The first-order valence-corrected chi connectivity index (χ1v) is 7.98. The van der Waals surface area contributed by atoms with E-state index in [2.05, 4.69) is 26.8 Å². The average molecular weight is 250 g/mol. The highest BCUT2D eigenvalue weighted by molar-refractivity contribution is 5.27. The second-order valence-corrected chi connectivity index (χ2v) is 6.43. The molecule has 1 nitrogen and oxygen atoms in total. The van der Waals surface area contributed by atoms with Crippen molar-refractivity contribution in [2.45, 2.75) is 84.3 Å². The Kier molecular flexibility index (Phi) is 3.92. The van der Waals surface area contributed by atoms with E-state index in [0.29, 0.717) is 0 Å². The van der Waals surface area contributed by atoms with Crippen LogP contribution in [0.2, 0.25) is 0 Å². The SMILES string of the molecule is CC.CCC1=CCCC2CC[C@@H]3C[C@]12OC3(C)C. The molecule has 1 unspecified atom stereocenters. The molecule has 104 valence electrons. The van der Waals surface area contributed by atoms with Gasteiger partial charge < -0.3 is 4.74 Å². The van der Waals surface area contributed by atoms with Crippen molar-refractivity contribution in [1.82, 2.24) is 0 Å². The fraction of sp³-hybridized carbons (Fsp3) is 0.882. The third kappa shape index (κ3) is 1.95. The second kappa shape index (κ2) is 5.00. The Morgan fingerprint density at radius 2 is 1.83 bits per heavy atom. The van der Waals surface area contributed by atoms with E-state index in [4.69, 9.17) is 4.74 Å². The quantitative estimate of drug-likeness (QED) is 0.588. The first-order valence-electron chi connectivity index (χ1n) is 7.98. The van der Waals surface area contributed by atoms with E-state index in [1.807, 2.05) is 13.8 Å². The van der Waals surface area contributed by atoms with E-state index in [1.54, 1.807) is 5.57 Å². The third-order valence-electron chi connectivity index (χ3n) is 5.33. The molecule has 0 amide bonds. The van der Waals surface area contributed by atoms with Gasteiger partial charge in [0.25, 0.3) is 0 Å². The van der Waals surface area contributed by atoms with Gasteiger partial charge in [-0.25, -0.2) is 0 Å². The zero-order valence-electron chi connectivity index (χ0n) is 12.9. The van der Waals surface area contributed by atoms with E-state index in [1.165, 1.54) is 38.5 Å². The van der Waals surface area contributed by atoms with Crippen LogP contribution in [0.25, 0.3) is 0 Å². The van der Waals surface area contributed by atoms with Gasteiger partial charge in [-0.05, 0) is 69.8 Å². The fourth-order valence-electron chi connectivity index (χ4n) is 4.45. The molecule has 1 heteroatoms. The van der Waals surface area contributed by atoms with E-state index < -0.39 is 0 Å². The molecule has 2 bridgehead atoms. The molecule has 0 aromatic carbocycles. The standard InChI is InChI=1S/C15H24O.C2H6/c1-4-11-6-5-7-12-8-9-13-10-15(11,12)16-14(13,2)3;1-2/h6,12-13H,4-5,7-10H2,1-3H3;1-2H3/t12?,13-,15+;/m1./s1. The van der Waals surface area contributed by atoms with Crippen LogP contribution < -0.4 is 0 Å². The molecule has 3 aliphatic rings. The Hall–Kier alpha value is -0.300. The summed E-state index contributed by atoms with van der Waals surface area (Å²) in [5.41, 5.74) is 1.87. The van der Waals surface area contributed by atoms with Crippen LogP contribution in [-0.2, 0) is 4.74 Å². The van der Waals surface area contributed by atoms with Crippen molar-refractivity contribution in [3.63, 3.8) is 0 Å². The summed E-state index contributed by atoms with van der Waals surface area (Å²) >= 11 is 0. The summed E-state index contributed by atoms with van der Waals surface area (Å²) in [7, 11) is 0. The largest absolute Gasteiger partial charge is 0.364 e. The van der Waals surface area contributed by atoms with E-state index in [-0.39, 0.29) is 11.2 Å². The molecule has 1 saturated carbocycles. The molecule has 1 aliphatic heterocycles. The Morgan fingerprint density at radius 3 is 2.50 bits per heavy atom. The molecule has 18 heavy (non-hydrogen) atoms. The van der Waals surface area contributed by atoms with Gasteiger partial charge in [-0.1, -0.05) is 26.8 Å². The van der Waals surface area contributed by atoms with Crippen molar-refractivity contribution in [2.24, 2.45) is 11.8 Å². The van der Waals surface area contributed by atoms with Crippen molar-refractivity contribution in [2.75, 3.05) is 0 Å². The highest BCUT2D eigenvalue weighted by Crippen LogP contribution is 2.59. The van der Waals surface area contributed by atoms with Crippen LogP contribution in [0, 0.1) is 11.8 Å². The molecule has 2 aliphatic carbocycles. The Balaban J connectivity index is 0.000000574. The Labute approximate surface area is 113 Å². The summed E-state index contributed by atoms with van der Waals surface area (Å²) in [6.45, 7) is 10.9. The normalized spacial score (nSPS) is 40.4. The van der Waals surface area contributed by atoms with E-state index in [0.717, 1.165) is 11.8 Å². The van der Waals surface area contributed by atoms with Crippen LogP contribution in [0.4, 0.5) is 0 Å². The number of hydrogen-bond donors (Lipinski definition) is 0. The molecule has 1 heterocycles. The summed E-state index contributed by atoms with van der Waals surface area (Å²) in [6, 6.07) is 0. The molecule has 1 saturated heterocycles. The Morgan fingerprint density at radius 1 is 1.17 bits per heavy atom. The van der Waals surface area contributed by atoms with Gasteiger partial charge in [-0.3, -0.25) is 0 Å². The van der Waals surface area contributed by atoms with Crippen molar-refractivity contribution in [1.29, 1.82) is 0 Å². The molecule has 0 N–H and O–H groups in total. The Bertz CT molecular complexity index is 329. The molecule has 1 spiro atoms. The zero-order chi connectivity index (χ0) is 13.4. The summed E-state index contributed by atoms with van der Waals surface area (Å²) in [5.74, 6) is 1.60. The molecule has 0 aromatic heterocycles. The highest BCUT2D eigenvalue weighted by atomic mass is 16.5. The second-order valence-electron chi connectivity index (χ2n) is 6.43. The summed E-state index contributed by atoms with van der Waals surface area (Å²) < 4.78 is 6.60. The van der Waals surface area contributed by atoms with E-state index >= 15 is 0 Å². The van der Waals surface area contributed by atoms with Crippen LogP contribution in [-0.4, -0.2) is 11.2 Å². The lowest BCUT2D eigenvalue weighted by Gasteiger charge is -2.44. The maximum Gasteiger partial charge on any atom is 0.0930 e. The highest BCUT2D eigenvalue weighted by Gasteiger charge is 2.58. The van der Waals surface area contributed by atoms with Gasteiger partial charge in [0.2, 0.25) is 0 Å². The van der Waals surface area contributed by atoms with E-state index in [9.17, 15) is 0 Å². The minimum Gasteiger partial charge on any atom is -0.364 e. The summed E-state index contributed by atoms with van der Waals surface area (Å²) in [5, 5.41) is 0. The molecular weight excluding hydrogens is 220 g/mol. The monoisotopic (exact) mass is 250 g/mol. The minimum absolute atomic E-state index is 0.111. The fourth-order valence-corrected chi connectivity index (χ4v) is 4.45. The molecule has 3 rings (SSSR count). The van der Waals surface area contributed by atoms with Gasteiger partial charge in [-0.15, -0.1) is 0 Å². The van der Waals surface area contributed by atoms with Gasteiger partial charge in [-0.2, -0.15) is 0 Å². The van der Waals surface area contributed by atoms with Crippen LogP contribution in [0.5, 0.6) is 0 Å². The van der Waals surface area contributed by atoms with Crippen LogP contribution >= 0.6 is 0 Å². The first-order chi connectivity index (χ1) is 8.58. The van der Waals surface area contributed by atoms with Crippen LogP contribution in [0.3, 0.4) is 0 Å². The first kappa shape index (κ1) is 14.1. The lowest BCUT2D eigenvalue weighted by atomic mass is 9.63. The van der Waals surface area contributed by atoms with Crippen molar-refractivity contribution in [3.05, 3.63) is 11.6 Å².